The third kappa shape index (κ3) is 4.85. The van der Waals surface area contributed by atoms with Crippen molar-refractivity contribution < 1.29 is 9.90 Å². The van der Waals surface area contributed by atoms with Crippen LogP contribution in [-0.2, 0) is 6.42 Å². The van der Waals surface area contributed by atoms with Gasteiger partial charge in [-0.1, -0.05) is 31.9 Å². The van der Waals surface area contributed by atoms with Crippen LogP contribution in [0.5, 0.6) is 5.75 Å². The van der Waals surface area contributed by atoms with Gasteiger partial charge in [0.25, 0.3) is 0 Å². The van der Waals surface area contributed by atoms with Crippen molar-refractivity contribution in [3.8, 4) is 5.75 Å². The summed E-state index contributed by atoms with van der Waals surface area (Å²) in [5, 5.41) is 9.62. The molecular formula is C15H20O2. The van der Waals surface area contributed by atoms with Gasteiger partial charge in [0.05, 0.1) is 0 Å². The van der Waals surface area contributed by atoms with E-state index >= 15 is 0 Å². The van der Waals surface area contributed by atoms with Crippen molar-refractivity contribution in [2.45, 2.75) is 39.0 Å². The van der Waals surface area contributed by atoms with Crippen LogP contribution in [0.3, 0.4) is 0 Å². The molecule has 0 spiro atoms. The number of aldehydes is 1. The molecule has 0 saturated heterocycles. The minimum absolute atomic E-state index is 0.258. The molecule has 0 radical (unpaired) electrons. The summed E-state index contributed by atoms with van der Waals surface area (Å²) in [5.41, 5.74) is 1.42. The van der Waals surface area contributed by atoms with Crippen LogP contribution < -0.4 is 0 Å². The molecule has 92 valence electrons. The van der Waals surface area contributed by atoms with Gasteiger partial charge >= 0.3 is 0 Å². The Morgan fingerprint density at radius 3 is 2.76 bits per heavy atom. The Kier molecular flexibility index (Phi) is 6.08. The zero-order valence-corrected chi connectivity index (χ0v) is 10.4. The number of benzene rings is 1. The number of allylic oxidation sites excluding steroid dienone is 2. The minimum Gasteiger partial charge on any atom is -0.508 e. The van der Waals surface area contributed by atoms with E-state index in [0.717, 1.165) is 18.3 Å². The molecule has 0 heterocycles. The lowest BCUT2D eigenvalue weighted by Gasteiger charge is -2.02. The molecule has 0 aliphatic carbocycles. The Hall–Kier alpha value is -1.57. The molecule has 0 unspecified atom stereocenters. The molecule has 0 aliphatic rings. The highest BCUT2D eigenvalue weighted by molar-refractivity contribution is 5.75. The molecule has 0 saturated carbocycles. The fraction of sp³-hybridized carbons (Fsp3) is 0.400. The predicted molar refractivity (Wildman–Crippen MR) is 70.5 cm³/mol. The van der Waals surface area contributed by atoms with Crippen LogP contribution in [0.2, 0.25) is 0 Å². The molecule has 2 heteroatoms. The van der Waals surface area contributed by atoms with Crippen molar-refractivity contribution in [3.63, 3.8) is 0 Å². The van der Waals surface area contributed by atoms with E-state index in [1.54, 1.807) is 18.2 Å². The van der Waals surface area contributed by atoms with Gasteiger partial charge in [-0.05, 0) is 43.0 Å². The Morgan fingerprint density at radius 2 is 2.06 bits per heavy atom. The molecular weight excluding hydrogens is 212 g/mol. The van der Waals surface area contributed by atoms with Crippen LogP contribution in [0.1, 0.15) is 48.5 Å². The summed E-state index contributed by atoms with van der Waals surface area (Å²) in [5.74, 6) is 0.258. The van der Waals surface area contributed by atoms with Crippen molar-refractivity contribution in [2.24, 2.45) is 0 Å². The van der Waals surface area contributed by atoms with Crippen molar-refractivity contribution in [2.75, 3.05) is 0 Å². The summed E-state index contributed by atoms with van der Waals surface area (Å²) in [7, 11) is 0. The van der Waals surface area contributed by atoms with Crippen molar-refractivity contribution >= 4 is 6.29 Å². The second kappa shape index (κ2) is 7.66. The fourth-order valence-electron chi connectivity index (χ4n) is 1.68. The van der Waals surface area contributed by atoms with Gasteiger partial charge in [-0.3, -0.25) is 4.79 Å². The Bertz CT molecular complexity index is 381. The molecule has 17 heavy (non-hydrogen) atoms. The third-order valence-corrected chi connectivity index (χ3v) is 2.72. The average Bonchev–Trinajstić information content (AvgIpc) is 2.35. The number of phenols is 1. The number of hydrogen-bond donors (Lipinski definition) is 1. The average molecular weight is 232 g/mol. The largest absolute Gasteiger partial charge is 0.508 e. The van der Waals surface area contributed by atoms with E-state index in [-0.39, 0.29) is 5.75 Å². The van der Waals surface area contributed by atoms with Gasteiger partial charge in [-0.25, -0.2) is 0 Å². The van der Waals surface area contributed by atoms with E-state index in [2.05, 4.69) is 19.1 Å². The summed E-state index contributed by atoms with van der Waals surface area (Å²) < 4.78 is 0. The first-order valence-corrected chi connectivity index (χ1v) is 6.20. The molecule has 0 fully saturated rings. The van der Waals surface area contributed by atoms with Crippen molar-refractivity contribution in [1.29, 1.82) is 0 Å². The maximum atomic E-state index is 10.6. The van der Waals surface area contributed by atoms with Crippen LogP contribution in [0.15, 0.2) is 30.4 Å². The predicted octanol–water partition coefficient (Wildman–Crippen LogP) is 3.88. The van der Waals surface area contributed by atoms with E-state index in [4.69, 9.17) is 0 Å². The summed E-state index contributed by atoms with van der Waals surface area (Å²) >= 11 is 0. The molecule has 2 nitrogen and oxygen atoms in total. The highest BCUT2D eigenvalue weighted by atomic mass is 16.3. The van der Waals surface area contributed by atoms with E-state index < -0.39 is 0 Å². The molecule has 0 atom stereocenters. The molecule has 1 N–H and O–H groups in total. The number of unbranched alkanes of at least 4 members (excludes halogenated alkanes) is 3. The molecule has 0 amide bonds. The number of aromatic hydroxyl groups is 1. The highest BCUT2D eigenvalue weighted by Crippen LogP contribution is 2.18. The molecule has 0 aromatic heterocycles. The molecule has 0 bridgehead atoms. The smallest absolute Gasteiger partial charge is 0.150 e. The van der Waals surface area contributed by atoms with Crippen LogP contribution in [-0.4, -0.2) is 11.4 Å². The lowest BCUT2D eigenvalue weighted by Crippen LogP contribution is -1.86. The number of rotatable bonds is 7. The summed E-state index contributed by atoms with van der Waals surface area (Å²) in [6.45, 7) is 2.19. The van der Waals surface area contributed by atoms with Gasteiger partial charge in [0.15, 0.2) is 0 Å². The second-order valence-electron chi connectivity index (χ2n) is 4.18. The maximum Gasteiger partial charge on any atom is 0.150 e. The summed E-state index contributed by atoms with van der Waals surface area (Å²) in [4.78, 5) is 10.6. The zero-order valence-electron chi connectivity index (χ0n) is 10.4. The zero-order chi connectivity index (χ0) is 12.5. The number of carbonyl (C=O) groups excluding carboxylic acids is 1. The van der Waals surface area contributed by atoms with Crippen LogP contribution in [0.4, 0.5) is 0 Å². The number of carbonyl (C=O) groups is 1. The molecule has 1 rings (SSSR count). The molecule has 0 aliphatic heterocycles. The first-order valence-electron chi connectivity index (χ1n) is 6.20. The Morgan fingerprint density at radius 1 is 1.24 bits per heavy atom. The van der Waals surface area contributed by atoms with Crippen LogP contribution in [0, 0.1) is 0 Å². The van der Waals surface area contributed by atoms with Crippen molar-refractivity contribution in [3.05, 3.63) is 41.5 Å². The highest BCUT2D eigenvalue weighted by Gasteiger charge is 2.00. The summed E-state index contributed by atoms with van der Waals surface area (Å²) in [6.07, 6.45) is 10.5. The lowest BCUT2D eigenvalue weighted by atomic mass is 10.1. The van der Waals surface area contributed by atoms with E-state index in [1.807, 2.05) is 0 Å². The SMILES string of the molecule is CCCCC/C=C/Cc1cc(C=O)ccc1O. The monoisotopic (exact) mass is 232 g/mol. The molecule has 1 aromatic rings. The molecule has 1 aromatic carbocycles. The minimum atomic E-state index is 0.258. The van der Waals surface area contributed by atoms with Crippen LogP contribution in [0.25, 0.3) is 0 Å². The fourth-order valence-corrected chi connectivity index (χ4v) is 1.68. The van der Waals surface area contributed by atoms with E-state index in [9.17, 15) is 9.90 Å². The second-order valence-corrected chi connectivity index (χ2v) is 4.18. The van der Waals surface area contributed by atoms with Gasteiger partial charge < -0.3 is 5.11 Å². The Labute approximate surface area is 103 Å². The van der Waals surface area contributed by atoms with Gasteiger partial charge in [-0.15, -0.1) is 0 Å². The van der Waals surface area contributed by atoms with Gasteiger partial charge in [0.1, 0.15) is 12.0 Å². The van der Waals surface area contributed by atoms with Gasteiger partial charge in [0.2, 0.25) is 0 Å². The normalized spacial score (nSPS) is 10.9. The number of phenolic OH excluding ortho intramolecular Hbond substituents is 1. The lowest BCUT2D eigenvalue weighted by molar-refractivity contribution is 0.112. The van der Waals surface area contributed by atoms with E-state index in [1.165, 1.54) is 19.3 Å². The Balaban J connectivity index is 2.47. The maximum absolute atomic E-state index is 10.6. The standard InChI is InChI=1S/C15H20O2/c1-2-3-4-5-6-7-8-14-11-13(12-16)9-10-15(14)17/h6-7,9-12,17H,2-5,8H2,1H3/b7-6+. The summed E-state index contributed by atoms with van der Waals surface area (Å²) in [6, 6.07) is 4.93. The quantitative estimate of drug-likeness (QED) is 0.440. The topological polar surface area (TPSA) is 37.3 Å². The van der Waals surface area contributed by atoms with Crippen LogP contribution >= 0.6 is 0 Å². The van der Waals surface area contributed by atoms with Gasteiger partial charge in [-0.2, -0.15) is 0 Å². The number of hydrogen-bond acceptors (Lipinski definition) is 2. The first kappa shape index (κ1) is 13.5. The van der Waals surface area contributed by atoms with Crippen molar-refractivity contribution in [1.82, 2.24) is 0 Å². The van der Waals surface area contributed by atoms with E-state index in [0.29, 0.717) is 12.0 Å². The van der Waals surface area contributed by atoms with Gasteiger partial charge in [0, 0.05) is 5.56 Å². The first-order chi connectivity index (χ1) is 8.27. The third-order valence-electron chi connectivity index (χ3n) is 2.72.